The first kappa shape index (κ1) is 21.3. The van der Waals surface area contributed by atoms with E-state index in [2.05, 4.69) is 20.9 Å². The topological polar surface area (TPSA) is 83.1 Å². The number of carbonyl (C=O) groups is 2. The van der Waals surface area contributed by atoms with Gasteiger partial charge in [-0.25, -0.2) is 9.78 Å². The van der Waals surface area contributed by atoms with Gasteiger partial charge in [-0.15, -0.1) is 0 Å². The van der Waals surface area contributed by atoms with Crippen LogP contribution < -0.4 is 16.0 Å². The Kier molecular flexibility index (Phi) is 7.80. The molecule has 154 valence electrons. The highest BCUT2D eigenvalue weighted by Crippen LogP contribution is 2.08. The Labute approximate surface area is 180 Å². The number of rotatable bonds is 8. The van der Waals surface area contributed by atoms with E-state index >= 15 is 0 Å². The molecule has 6 nitrogen and oxygen atoms in total. The third-order valence-electron chi connectivity index (χ3n) is 4.43. The summed E-state index contributed by atoms with van der Waals surface area (Å²) in [5, 5.41) is 8.90. The van der Waals surface area contributed by atoms with Crippen LogP contribution in [-0.2, 0) is 19.5 Å². The van der Waals surface area contributed by atoms with Crippen molar-refractivity contribution in [3.8, 4) is 0 Å². The maximum Gasteiger partial charge on any atom is 0.315 e. The SMILES string of the molecule is O=C(NCCc1ccccc1)NCc1cccc(CNC(=O)c2ccc(Cl)nc2)c1. The molecule has 3 aromatic rings. The van der Waals surface area contributed by atoms with Crippen LogP contribution >= 0.6 is 11.6 Å². The van der Waals surface area contributed by atoms with Crippen LogP contribution in [0.25, 0.3) is 0 Å². The molecule has 0 atom stereocenters. The van der Waals surface area contributed by atoms with E-state index in [9.17, 15) is 9.59 Å². The van der Waals surface area contributed by atoms with Crippen molar-refractivity contribution in [3.05, 3.63) is 100 Å². The average molecular weight is 423 g/mol. The van der Waals surface area contributed by atoms with Gasteiger partial charge in [-0.1, -0.05) is 66.2 Å². The molecule has 0 aliphatic heterocycles. The third kappa shape index (κ3) is 6.90. The number of nitrogens with one attached hydrogen (secondary N) is 3. The molecule has 0 aliphatic rings. The zero-order valence-corrected chi connectivity index (χ0v) is 17.2. The highest BCUT2D eigenvalue weighted by atomic mass is 35.5. The van der Waals surface area contributed by atoms with Gasteiger partial charge in [0.1, 0.15) is 5.15 Å². The summed E-state index contributed by atoms with van der Waals surface area (Å²) in [4.78, 5) is 28.1. The van der Waals surface area contributed by atoms with Crippen molar-refractivity contribution in [1.29, 1.82) is 0 Å². The van der Waals surface area contributed by atoms with E-state index in [0.29, 0.717) is 30.4 Å². The Morgan fingerprint density at radius 1 is 0.800 bits per heavy atom. The molecular formula is C23H23ClN4O2. The van der Waals surface area contributed by atoms with E-state index in [0.717, 1.165) is 17.5 Å². The lowest BCUT2D eigenvalue weighted by atomic mass is 10.1. The molecule has 0 aliphatic carbocycles. The number of pyridine rings is 1. The van der Waals surface area contributed by atoms with Crippen LogP contribution in [-0.4, -0.2) is 23.5 Å². The lowest BCUT2D eigenvalue weighted by Gasteiger charge is -2.10. The fourth-order valence-electron chi connectivity index (χ4n) is 2.85. The highest BCUT2D eigenvalue weighted by molar-refractivity contribution is 6.29. The van der Waals surface area contributed by atoms with E-state index in [1.54, 1.807) is 12.1 Å². The maximum atomic E-state index is 12.2. The summed E-state index contributed by atoms with van der Waals surface area (Å²) in [5.41, 5.74) is 3.52. The summed E-state index contributed by atoms with van der Waals surface area (Å²) < 4.78 is 0. The van der Waals surface area contributed by atoms with Crippen LogP contribution in [0.5, 0.6) is 0 Å². The molecule has 0 saturated heterocycles. The minimum absolute atomic E-state index is 0.208. The number of urea groups is 1. The van der Waals surface area contributed by atoms with Gasteiger partial charge >= 0.3 is 6.03 Å². The Morgan fingerprint density at radius 3 is 2.20 bits per heavy atom. The standard InChI is InChI=1S/C23H23ClN4O2/c24-21-10-9-20(16-26-21)22(29)27-14-18-7-4-8-19(13-18)15-28-23(30)25-12-11-17-5-2-1-3-6-17/h1-10,13,16H,11-12,14-15H2,(H,27,29)(H2,25,28,30). The summed E-state index contributed by atoms with van der Waals surface area (Å²) >= 11 is 5.74. The molecule has 2 aromatic carbocycles. The molecular weight excluding hydrogens is 400 g/mol. The molecule has 3 rings (SSSR count). The fourth-order valence-corrected chi connectivity index (χ4v) is 2.97. The number of amides is 3. The van der Waals surface area contributed by atoms with Crippen LogP contribution in [0.3, 0.4) is 0 Å². The summed E-state index contributed by atoms with van der Waals surface area (Å²) in [5.74, 6) is -0.222. The molecule has 0 saturated carbocycles. The van der Waals surface area contributed by atoms with Gasteiger partial charge < -0.3 is 16.0 Å². The molecule has 3 N–H and O–H groups in total. The molecule has 0 bridgehead atoms. The maximum absolute atomic E-state index is 12.2. The molecule has 0 spiro atoms. The zero-order valence-electron chi connectivity index (χ0n) is 16.4. The van der Waals surface area contributed by atoms with E-state index in [4.69, 9.17) is 11.6 Å². The Hall–Kier alpha value is -3.38. The third-order valence-corrected chi connectivity index (χ3v) is 4.65. The van der Waals surface area contributed by atoms with E-state index in [-0.39, 0.29) is 11.9 Å². The first-order valence-corrected chi connectivity index (χ1v) is 10.0. The summed E-state index contributed by atoms with van der Waals surface area (Å²) in [6.45, 7) is 1.35. The van der Waals surface area contributed by atoms with Gasteiger partial charge in [0, 0.05) is 25.8 Å². The molecule has 3 amide bonds. The van der Waals surface area contributed by atoms with Crippen LogP contribution in [0.15, 0.2) is 72.9 Å². The van der Waals surface area contributed by atoms with Crippen LogP contribution in [0.4, 0.5) is 4.79 Å². The van der Waals surface area contributed by atoms with Crippen LogP contribution in [0.1, 0.15) is 27.0 Å². The lowest BCUT2D eigenvalue weighted by molar-refractivity contribution is 0.0950. The number of hydrogen-bond acceptors (Lipinski definition) is 3. The summed E-state index contributed by atoms with van der Waals surface area (Å²) in [7, 11) is 0. The molecule has 30 heavy (non-hydrogen) atoms. The van der Waals surface area contributed by atoms with Gasteiger partial charge in [0.2, 0.25) is 0 Å². The first-order valence-electron chi connectivity index (χ1n) is 9.63. The van der Waals surface area contributed by atoms with Gasteiger partial charge in [-0.05, 0) is 35.2 Å². The number of halogens is 1. The Bertz CT molecular complexity index is 978. The number of aromatic nitrogens is 1. The number of hydrogen-bond donors (Lipinski definition) is 3. The minimum Gasteiger partial charge on any atom is -0.348 e. The zero-order chi connectivity index (χ0) is 21.2. The van der Waals surface area contributed by atoms with Crippen molar-refractivity contribution in [2.45, 2.75) is 19.5 Å². The largest absolute Gasteiger partial charge is 0.348 e. The van der Waals surface area contributed by atoms with Gasteiger partial charge in [0.25, 0.3) is 5.91 Å². The number of nitrogens with zero attached hydrogens (tertiary/aromatic N) is 1. The second kappa shape index (κ2) is 11.0. The van der Waals surface area contributed by atoms with Gasteiger partial charge in [0.15, 0.2) is 0 Å². The van der Waals surface area contributed by atoms with E-state index in [1.165, 1.54) is 11.8 Å². The van der Waals surface area contributed by atoms with Gasteiger partial charge in [-0.3, -0.25) is 4.79 Å². The quantitative estimate of drug-likeness (QED) is 0.484. The van der Waals surface area contributed by atoms with Crippen LogP contribution in [0.2, 0.25) is 5.15 Å². The fraction of sp³-hybridized carbons (Fsp3) is 0.174. The lowest BCUT2D eigenvalue weighted by Crippen LogP contribution is -2.36. The van der Waals surface area contributed by atoms with Crippen molar-refractivity contribution in [2.24, 2.45) is 0 Å². The van der Waals surface area contributed by atoms with Crippen molar-refractivity contribution in [2.75, 3.05) is 6.54 Å². The second-order valence-corrected chi connectivity index (χ2v) is 7.10. The highest BCUT2D eigenvalue weighted by Gasteiger charge is 2.06. The average Bonchev–Trinajstić information content (AvgIpc) is 2.77. The molecule has 0 unspecified atom stereocenters. The predicted octanol–water partition coefficient (Wildman–Crippen LogP) is 3.71. The van der Waals surface area contributed by atoms with Crippen molar-refractivity contribution < 1.29 is 9.59 Å². The van der Waals surface area contributed by atoms with Crippen LogP contribution in [0, 0.1) is 0 Å². The normalized spacial score (nSPS) is 10.3. The minimum atomic E-state index is -0.222. The smallest absolute Gasteiger partial charge is 0.315 e. The molecule has 1 heterocycles. The monoisotopic (exact) mass is 422 g/mol. The van der Waals surface area contributed by atoms with E-state index < -0.39 is 0 Å². The van der Waals surface area contributed by atoms with Crippen molar-refractivity contribution >= 4 is 23.5 Å². The second-order valence-electron chi connectivity index (χ2n) is 6.72. The Morgan fingerprint density at radius 2 is 1.50 bits per heavy atom. The van der Waals surface area contributed by atoms with Gasteiger partial charge in [0.05, 0.1) is 5.56 Å². The summed E-state index contributed by atoms with van der Waals surface area (Å²) in [6, 6.07) is 20.7. The number of benzene rings is 2. The predicted molar refractivity (Wildman–Crippen MR) is 117 cm³/mol. The molecule has 0 radical (unpaired) electrons. The van der Waals surface area contributed by atoms with Crippen molar-refractivity contribution in [1.82, 2.24) is 20.9 Å². The van der Waals surface area contributed by atoms with E-state index in [1.807, 2.05) is 54.6 Å². The molecule has 7 heteroatoms. The molecule has 0 fully saturated rings. The van der Waals surface area contributed by atoms with Crippen molar-refractivity contribution in [3.63, 3.8) is 0 Å². The molecule has 1 aromatic heterocycles. The summed E-state index contributed by atoms with van der Waals surface area (Å²) in [6.07, 6.45) is 2.22. The Balaban J connectivity index is 1.41. The first-order chi connectivity index (χ1) is 14.6. The number of carbonyl (C=O) groups excluding carboxylic acids is 2. The van der Waals surface area contributed by atoms with Gasteiger partial charge in [-0.2, -0.15) is 0 Å².